The molecule has 2 heteroatoms. The van der Waals surface area contributed by atoms with Crippen molar-refractivity contribution in [2.75, 3.05) is 12.4 Å². The summed E-state index contributed by atoms with van der Waals surface area (Å²) in [7, 11) is 1.82. The highest BCUT2D eigenvalue weighted by atomic mass is 16.3. The first-order valence-electron chi connectivity index (χ1n) is 5.02. The molecule has 0 aliphatic heterocycles. The predicted octanol–water partition coefficient (Wildman–Crippen LogP) is 3.12. The van der Waals surface area contributed by atoms with Crippen molar-refractivity contribution >= 4 is 5.69 Å². The summed E-state index contributed by atoms with van der Waals surface area (Å²) in [6.07, 6.45) is 1.08. The van der Waals surface area contributed by atoms with Crippen LogP contribution in [0.1, 0.15) is 32.8 Å². The molecule has 1 aromatic rings. The van der Waals surface area contributed by atoms with Gasteiger partial charge in [-0.3, -0.25) is 0 Å². The molecular weight excluding hydrogens is 174 g/mol. The molecule has 0 spiro atoms. The molecule has 2 nitrogen and oxygen atoms in total. The Labute approximate surface area is 86.0 Å². The lowest BCUT2D eigenvalue weighted by molar-refractivity contribution is 0.473. The summed E-state index contributed by atoms with van der Waals surface area (Å²) in [5.41, 5.74) is 2.21. The van der Waals surface area contributed by atoms with Crippen LogP contribution < -0.4 is 5.32 Å². The third-order valence-corrected chi connectivity index (χ3v) is 2.93. The first-order valence-corrected chi connectivity index (χ1v) is 5.02. The topological polar surface area (TPSA) is 32.3 Å². The summed E-state index contributed by atoms with van der Waals surface area (Å²) < 4.78 is 0. The van der Waals surface area contributed by atoms with Gasteiger partial charge in [-0.05, 0) is 29.5 Å². The number of rotatable bonds is 3. The average molecular weight is 193 g/mol. The van der Waals surface area contributed by atoms with Crippen LogP contribution in [0.15, 0.2) is 18.2 Å². The van der Waals surface area contributed by atoms with Crippen LogP contribution in [-0.2, 0) is 5.41 Å². The first kappa shape index (κ1) is 10.9. The Bertz CT molecular complexity index is 318. The summed E-state index contributed by atoms with van der Waals surface area (Å²) in [6.45, 7) is 6.59. The normalized spacial score (nSPS) is 11.4. The molecule has 0 heterocycles. The van der Waals surface area contributed by atoms with E-state index in [4.69, 9.17) is 0 Å². The van der Waals surface area contributed by atoms with Gasteiger partial charge < -0.3 is 10.4 Å². The molecular formula is C12H19NO. The number of benzene rings is 1. The van der Waals surface area contributed by atoms with Crippen molar-refractivity contribution < 1.29 is 5.11 Å². The predicted molar refractivity (Wildman–Crippen MR) is 61.0 cm³/mol. The van der Waals surface area contributed by atoms with Crippen LogP contribution >= 0.6 is 0 Å². The molecule has 0 amide bonds. The van der Waals surface area contributed by atoms with Gasteiger partial charge in [-0.25, -0.2) is 0 Å². The Kier molecular flexibility index (Phi) is 3.04. The molecule has 0 aliphatic rings. The van der Waals surface area contributed by atoms with E-state index < -0.39 is 0 Å². The summed E-state index contributed by atoms with van der Waals surface area (Å²) in [5, 5.41) is 12.5. The molecule has 1 rings (SSSR count). The number of nitrogens with one attached hydrogen (secondary N) is 1. The van der Waals surface area contributed by atoms with Crippen molar-refractivity contribution in [3.63, 3.8) is 0 Å². The maximum atomic E-state index is 9.51. The van der Waals surface area contributed by atoms with E-state index in [1.807, 2.05) is 19.2 Å². The Morgan fingerprint density at radius 3 is 2.50 bits per heavy atom. The van der Waals surface area contributed by atoms with Crippen LogP contribution in [0.2, 0.25) is 0 Å². The molecule has 14 heavy (non-hydrogen) atoms. The minimum atomic E-state index is 0.166. The quantitative estimate of drug-likeness (QED) is 0.723. The molecule has 1 aromatic carbocycles. The molecule has 0 saturated carbocycles. The fourth-order valence-corrected chi connectivity index (χ4v) is 1.36. The molecule has 0 aliphatic carbocycles. The summed E-state index contributed by atoms with van der Waals surface area (Å²) in [5.74, 6) is 0.308. The van der Waals surface area contributed by atoms with E-state index in [1.165, 1.54) is 5.56 Å². The third kappa shape index (κ3) is 2.00. The van der Waals surface area contributed by atoms with Crippen molar-refractivity contribution in [1.29, 1.82) is 0 Å². The lowest BCUT2D eigenvalue weighted by atomic mass is 9.82. The Hall–Kier alpha value is -1.18. The zero-order valence-corrected chi connectivity index (χ0v) is 9.39. The zero-order chi connectivity index (χ0) is 10.8. The van der Waals surface area contributed by atoms with E-state index in [2.05, 4.69) is 26.1 Å². The van der Waals surface area contributed by atoms with Crippen molar-refractivity contribution in [3.8, 4) is 5.75 Å². The van der Waals surface area contributed by atoms with Crippen LogP contribution in [0.4, 0.5) is 5.69 Å². The Balaban J connectivity index is 3.12. The van der Waals surface area contributed by atoms with Gasteiger partial charge in [0.25, 0.3) is 0 Å². The summed E-state index contributed by atoms with van der Waals surface area (Å²) in [4.78, 5) is 0. The highest BCUT2D eigenvalue weighted by Crippen LogP contribution is 2.32. The highest BCUT2D eigenvalue weighted by Gasteiger charge is 2.18. The molecule has 0 saturated heterocycles. The van der Waals surface area contributed by atoms with Gasteiger partial charge in [0.2, 0.25) is 0 Å². The number of phenols is 1. The van der Waals surface area contributed by atoms with E-state index in [9.17, 15) is 5.11 Å². The number of phenolic OH excluding ortho intramolecular Hbond substituents is 1. The van der Waals surface area contributed by atoms with E-state index in [1.54, 1.807) is 6.07 Å². The van der Waals surface area contributed by atoms with E-state index in [0.29, 0.717) is 5.75 Å². The minimum absolute atomic E-state index is 0.166. The van der Waals surface area contributed by atoms with E-state index in [0.717, 1.165) is 12.1 Å². The van der Waals surface area contributed by atoms with Crippen LogP contribution in [0, 0.1) is 0 Å². The van der Waals surface area contributed by atoms with Crippen LogP contribution in [0.25, 0.3) is 0 Å². The second kappa shape index (κ2) is 3.91. The smallest absolute Gasteiger partial charge is 0.138 e. The third-order valence-electron chi connectivity index (χ3n) is 2.93. The van der Waals surface area contributed by atoms with E-state index >= 15 is 0 Å². The Morgan fingerprint density at radius 1 is 1.36 bits per heavy atom. The molecule has 2 N–H and O–H groups in total. The number of hydrogen-bond donors (Lipinski definition) is 2. The lowest BCUT2D eigenvalue weighted by Crippen LogP contribution is -2.15. The standard InChI is InChI=1S/C12H19NO/c1-5-12(2,3)9-6-7-11(14)10(8-9)13-4/h6-8,13-14H,5H2,1-4H3. The van der Waals surface area contributed by atoms with Gasteiger partial charge in [-0.2, -0.15) is 0 Å². The van der Waals surface area contributed by atoms with Gasteiger partial charge in [0.05, 0.1) is 5.69 Å². The van der Waals surface area contributed by atoms with Crippen molar-refractivity contribution in [3.05, 3.63) is 23.8 Å². The second-order valence-electron chi connectivity index (χ2n) is 4.22. The van der Waals surface area contributed by atoms with Gasteiger partial charge in [0.15, 0.2) is 0 Å². The molecule has 0 aromatic heterocycles. The molecule has 78 valence electrons. The SMILES string of the molecule is CCC(C)(C)c1ccc(O)c(NC)c1. The second-order valence-corrected chi connectivity index (χ2v) is 4.22. The number of anilines is 1. The number of hydrogen-bond acceptors (Lipinski definition) is 2. The monoisotopic (exact) mass is 193 g/mol. The summed E-state index contributed by atoms with van der Waals surface area (Å²) in [6, 6.07) is 5.75. The fraction of sp³-hybridized carbons (Fsp3) is 0.500. The van der Waals surface area contributed by atoms with Gasteiger partial charge in [0.1, 0.15) is 5.75 Å². The van der Waals surface area contributed by atoms with Crippen LogP contribution in [0.5, 0.6) is 5.75 Å². The van der Waals surface area contributed by atoms with Crippen LogP contribution in [-0.4, -0.2) is 12.2 Å². The molecule has 0 fully saturated rings. The highest BCUT2D eigenvalue weighted by molar-refractivity contribution is 5.57. The Morgan fingerprint density at radius 2 is 2.00 bits per heavy atom. The molecule has 0 radical (unpaired) electrons. The van der Waals surface area contributed by atoms with Crippen LogP contribution in [0.3, 0.4) is 0 Å². The van der Waals surface area contributed by atoms with Crippen molar-refractivity contribution in [2.24, 2.45) is 0 Å². The maximum Gasteiger partial charge on any atom is 0.138 e. The van der Waals surface area contributed by atoms with E-state index in [-0.39, 0.29) is 5.41 Å². The number of aromatic hydroxyl groups is 1. The zero-order valence-electron chi connectivity index (χ0n) is 9.39. The lowest BCUT2D eigenvalue weighted by Gasteiger charge is -2.24. The fourth-order valence-electron chi connectivity index (χ4n) is 1.36. The van der Waals surface area contributed by atoms with Gasteiger partial charge >= 0.3 is 0 Å². The van der Waals surface area contributed by atoms with Gasteiger partial charge in [-0.1, -0.05) is 26.8 Å². The summed E-state index contributed by atoms with van der Waals surface area (Å²) >= 11 is 0. The minimum Gasteiger partial charge on any atom is -0.506 e. The molecule has 0 unspecified atom stereocenters. The average Bonchev–Trinajstić information content (AvgIpc) is 2.18. The van der Waals surface area contributed by atoms with Gasteiger partial charge in [-0.15, -0.1) is 0 Å². The van der Waals surface area contributed by atoms with Gasteiger partial charge in [0, 0.05) is 7.05 Å². The molecule has 0 bridgehead atoms. The largest absolute Gasteiger partial charge is 0.506 e. The van der Waals surface area contributed by atoms with Crippen molar-refractivity contribution in [2.45, 2.75) is 32.6 Å². The molecule has 0 atom stereocenters. The first-order chi connectivity index (χ1) is 6.51. The van der Waals surface area contributed by atoms with Crippen molar-refractivity contribution in [1.82, 2.24) is 0 Å². The maximum absolute atomic E-state index is 9.51.